The summed E-state index contributed by atoms with van der Waals surface area (Å²) < 4.78 is 55.5. The number of aromatic nitrogens is 10. The van der Waals surface area contributed by atoms with Crippen molar-refractivity contribution in [1.82, 2.24) is 60.1 Å². The average molecular weight is 989 g/mol. The summed E-state index contributed by atoms with van der Waals surface area (Å²) in [5.74, 6) is 0.0337. The quantitative estimate of drug-likeness (QED) is 0.0954. The van der Waals surface area contributed by atoms with Crippen molar-refractivity contribution in [2.24, 2.45) is 14.1 Å². The van der Waals surface area contributed by atoms with Crippen LogP contribution in [0, 0.1) is 25.5 Å². The van der Waals surface area contributed by atoms with E-state index >= 15 is 4.39 Å². The van der Waals surface area contributed by atoms with E-state index in [-0.39, 0.29) is 41.5 Å². The van der Waals surface area contributed by atoms with E-state index in [1.165, 1.54) is 12.7 Å². The van der Waals surface area contributed by atoms with E-state index in [4.69, 9.17) is 30.4 Å². The molecule has 24 heteroatoms. The van der Waals surface area contributed by atoms with E-state index in [1.807, 2.05) is 34.7 Å². The van der Waals surface area contributed by atoms with E-state index in [2.05, 4.69) is 61.4 Å². The number of carbonyl (C=O) groups is 2. The number of hydrogen-bond acceptors (Lipinski definition) is 16. The summed E-state index contributed by atoms with van der Waals surface area (Å²) in [7, 11) is 2.86. The molecule has 20 nitrogen and oxygen atoms in total. The first kappa shape index (κ1) is 54.1. The lowest BCUT2D eigenvalue weighted by atomic mass is 9.77. The molecule has 0 radical (unpaired) electrons. The zero-order valence-electron chi connectivity index (χ0n) is 41.8. The molecule has 1 aliphatic heterocycles. The number of benzene rings is 2. The highest BCUT2D eigenvalue weighted by atomic mass is 35.5. The Morgan fingerprint density at radius 2 is 1.16 bits per heavy atom. The van der Waals surface area contributed by atoms with Gasteiger partial charge < -0.3 is 40.0 Å². The molecule has 374 valence electrons. The van der Waals surface area contributed by atoms with Gasteiger partial charge in [-0.15, -0.1) is 0 Å². The molecule has 0 aliphatic carbocycles. The zero-order chi connectivity index (χ0) is 51.8. The lowest BCUT2D eigenvalue weighted by Crippen LogP contribution is -2.41. The number of aryl methyl sites for hydroxylation is 2. The lowest BCUT2D eigenvalue weighted by molar-refractivity contribution is 0.00578. The molecule has 0 unspecified atom stereocenters. The molecule has 6 aromatic rings. The highest BCUT2D eigenvalue weighted by Gasteiger charge is 2.52. The van der Waals surface area contributed by atoms with Gasteiger partial charge in [0, 0.05) is 45.0 Å². The minimum atomic E-state index is -0.758. The summed E-state index contributed by atoms with van der Waals surface area (Å²) in [5.41, 5.74) is 2.01. The van der Waals surface area contributed by atoms with Crippen molar-refractivity contribution >= 4 is 59.6 Å². The Morgan fingerprint density at radius 3 is 1.61 bits per heavy atom. The number of hydrogen-bond donors (Lipinski definition) is 4. The van der Waals surface area contributed by atoms with Crippen LogP contribution in [-0.2, 0) is 46.0 Å². The van der Waals surface area contributed by atoms with Crippen molar-refractivity contribution in [2.45, 2.75) is 119 Å². The number of ether oxygens (including phenoxy) is 2. The third-order valence-electron chi connectivity index (χ3n) is 10.5. The van der Waals surface area contributed by atoms with Crippen molar-refractivity contribution in [1.29, 1.82) is 0 Å². The van der Waals surface area contributed by atoms with Crippen LogP contribution in [0.1, 0.15) is 91.5 Å². The van der Waals surface area contributed by atoms with Gasteiger partial charge in [0.2, 0.25) is 17.2 Å². The van der Waals surface area contributed by atoms with Crippen LogP contribution in [0.15, 0.2) is 61.7 Å². The SMILES string of the molecule is Cc1c(CNC(=O)OC(C)(C)C)ccc(-c2ncnc(Nc3cnn(C)c3)n2)c1F.Cc1c(CNC(=O)OC(C)(C)C)ccc(B2OC(C)(C)C(C)(C)O2)c1F.Cn1cc(Nc2ncnc(Cl)n2)cn1. The largest absolute Gasteiger partial charge is 0.497 e. The smallest absolute Gasteiger partial charge is 0.444 e. The fraction of sp³-hybridized carbons (Fsp3) is 0.435. The number of alkyl carbamates (subject to hydrolysis) is 2. The molecule has 4 aromatic heterocycles. The van der Waals surface area contributed by atoms with Gasteiger partial charge in [0.1, 0.15) is 35.5 Å². The van der Waals surface area contributed by atoms with Gasteiger partial charge in [-0.05, 0) is 123 Å². The van der Waals surface area contributed by atoms with E-state index in [1.54, 1.807) is 121 Å². The summed E-state index contributed by atoms with van der Waals surface area (Å²) in [6, 6.07) is 6.73. The number of halogens is 3. The molecule has 70 heavy (non-hydrogen) atoms. The van der Waals surface area contributed by atoms with Gasteiger partial charge in [0.15, 0.2) is 5.82 Å². The highest BCUT2D eigenvalue weighted by molar-refractivity contribution is 6.62. The Balaban J connectivity index is 0.000000207. The molecule has 1 fully saturated rings. The molecule has 0 spiro atoms. The maximum Gasteiger partial charge on any atom is 0.497 e. The Hall–Kier alpha value is -6.85. The minimum absolute atomic E-state index is 0.142. The fourth-order valence-electron chi connectivity index (χ4n) is 6.19. The Bertz CT molecular complexity index is 2760. The number of amides is 2. The maximum absolute atomic E-state index is 15.0. The Morgan fingerprint density at radius 1 is 0.700 bits per heavy atom. The number of rotatable bonds is 10. The van der Waals surface area contributed by atoms with Crippen LogP contribution < -0.4 is 26.7 Å². The predicted octanol–water partition coefficient (Wildman–Crippen LogP) is 7.95. The second-order valence-electron chi connectivity index (χ2n) is 19.0. The average Bonchev–Trinajstić information content (AvgIpc) is 3.92. The third-order valence-corrected chi connectivity index (χ3v) is 10.6. The lowest BCUT2D eigenvalue weighted by Gasteiger charge is -2.32. The normalized spacial score (nSPS) is 13.8. The van der Waals surface area contributed by atoms with Crippen molar-refractivity contribution in [2.75, 3.05) is 10.6 Å². The molecule has 7 rings (SSSR count). The van der Waals surface area contributed by atoms with Gasteiger partial charge in [0.25, 0.3) is 0 Å². The summed E-state index contributed by atoms with van der Waals surface area (Å²) in [6.45, 7) is 22.0. The van der Waals surface area contributed by atoms with Gasteiger partial charge in [0.05, 0.1) is 40.5 Å². The second kappa shape index (κ2) is 22.3. The van der Waals surface area contributed by atoms with Gasteiger partial charge in [-0.3, -0.25) is 9.36 Å². The number of carbonyl (C=O) groups excluding carboxylic acids is 2. The monoisotopic (exact) mass is 988 g/mol. The first-order valence-electron chi connectivity index (χ1n) is 22.0. The number of anilines is 4. The zero-order valence-corrected chi connectivity index (χ0v) is 42.6. The first-order chi connectivity index (χ1) is 32.6. The molecular weight excluding hydrogens is 929 g/mol. The minimum Gasteiger partial charge on any atom is -0.444 e. The molecule has 4 N–H and O–H groups in total. The molecule has 0 bridgehead atoms. The Labute approximate surface area is 411 Å². The van der Waals surface area contributed by atoms with Gasteiger partial charge in [-0.25, -0.2) is 38.3 Å². The van der Waals surface area contributed by atoms with Gasteiger partial charge in [-0.1, -0.05) is 18.2 Å². The maximum atomic E-state index is 15.0. The standard InChI is InChI=1S/C20H24FN7O2.C19H29BFNO4.C7H7ClN6/c1-12-13(8-22-19(29)30-20(2,3)4)6-7-15(16(12)21)17-23-11-24-18(27-17)26-14-9-25-28(5)10-14;1-12-13(11-22-16(23)24-17(2,3)4)9-10-14(15(12)21)20-25-18(5,6)19(7,8)26-20;1-14-3-5(2-11-14)12-7-10-4-9-6(8)13-7/h6-7,9-11H,8H2,1-5H3,(H,22,29)(H,23,24,26,27);9-10H,11H2,1-8H3,(H,22,23);2-4H,1H3,(H,9,10,12,13). The summed E-state index contributed by atoms with van der Waals surface area (Å²) in [4.78, 5) is 47.5. The molecule has 0 atom stereocenters. The van der Waals surface area contributed by atoms with E-state index < -0.39 is 47.5 Å². The summed E-state index contributed by atoms with van der Waals surface area (Å²) in [6.07, 6.45) is 8.42. The van der Waals surface area contributed by atoms with Crippen LogP contribution in [0.5, 0.6) is 0 Å². The van der Waals surface area contributed by atoms with E-state index in [0.717, 1.165) is 5.69 Å². The van der Waals surface area contributed by atoms with Crippen LogP contribution in [0.4, 0.5) is 41.6 Å². The van der Waals surface area contributed by atoms with Crippen molar-refractivity contribution in [3.8, 4) is 11.4 Å². The molecular formula is C46H60BClF2N14O6. The molecule has 1 saturated heterocycles. The summed E-state index contributed by atoms with van der Waals surface area (Å²) >= 11 is 5.59. The van der Waals surface area contributed by atoms with Crippen molar-refractivity contribution < 1.29 is 37.2 Å². The summed E-state index contributed by atoms with van der Waals surface area (Å²) in [5, 5.41) is 19.4. The number of nitrogens with zero attached hydrogens (tertiary/aromatic N) is 10. The predicted molar refractivity (Wildman–Crippen MR) is 261 cm³/mol. The first-order valence-corrected chi connectivity index (χ1v) is 22.4. The van der Waals surface area contributed by atoms with E-state index in [9.17, 15) is 14.0 Å². The van der Waals surface area contributed by atoms with Gasteiger partial charge in [-0.2, -0.15) is 20.2 Å². The molecule has 0 saturated carbocycles. The van der Waals surface area contributed by atoms with Crippen LogP contribution in [-0.4, -0.2) is 91.2 Å². The molecule has 2 amide bonds. The molecule has 2 aromatic carbocycles. The molecule has 5 heterocycles. The van der Waals surface area contributed by atoms with Crippen molar-refractivity contribution in [3.05, 3.63) is 101 Å². The van der Waals surface area contributed by atoms with Crippen molar-refractivity contribution in [3.63, 3.8) is 0 Å². The number of nitrogens with one attached hydrogen (secondary N) is 4. The second-order valence-corrected chi connectivity index (χ2v) is 19.4. The highest BCUT2D eigenvalue weighted by Crippen LogP contribution is 2.37. The van der Waals surface area contributed by atoms with Crippen LogP contribution in [0.3, 0.4) is 0 Å². The van der Waals surface area contributed by atoms with Crippen LogP contribution in [0.2, 0.25) is 5.28 Å². The van der Waals surface area contributed by atoms with Crippen LogP contribution in [0.25, 0.3) is 11.4 Å². The fourth-order valence-corrected chi connectivity index (χ4v) is 6.32. The Kier molecular flexibility index (Phi) is 17.2. The van der Waals surface area contributed by atoms with Gasteiger partial charge >= 0.3 is 19.3 Å². The molecule has 1 aliphatic rings. The topological polar surface area (TPSA) is 232 Å². The van der Waals surface area contributed by atoms with E-state index in [0.29, 0.717) is 39.4 Å². The third kappa shape index (κ3) is 15.3. The van der Waals surface area contributed by atoms with Crippen LogP contribution >= 0.6 is 11.6 Å².